The number of ether oxygens (including phenoxy) is 1. The van der Waals surface area contributed by atoms with Crippen LogP contribution in [0.1, 0.15) is 12.5 Å². The lowest BCUT2D eigenvalue weighted by Crippen LogP contribution is -2.39. The Morgan fingerprint density at radius 1 is 1.26 bits per heavy atom. The van der Waals surface area contributed by atoms with Crippen LogP contribution in [0.5, 0.6) is 5.75 Å². The zero-order valence-electron chi connectivity index (χ0n) is 16.6. The van der Waals surface area contributed by atoms with Gasteiger partial charge in [0.25, 0.3) is 0 Å². The molecule has 12 heteroatoms. The van der Waals surface area contributed by atoms with E-state index in [1.54, 1.807) is 0 Å². The van der Waals surface area contributed by atoms with Gasteiger partial charge in [-0.25, -0.2) is 14.4 Å². The third kappa shape index (κ3) is 3.76. The second kappa shape index (κ2) is 7.61. The molecule has 0 radical (unpaired) electrons. The first-order valence-electron chi connectivity index (χ1n) is 9.40. The number of anilines is 1. The molecule has 0 aliphatic carbocycles. The summed E-state index contributed by atoms with van der Waals surface area (Å²) >= 11 is 0. The minimum Gasteiger partial charge on any atom is -0.496 e. The summed E-state index contributed by atoms with van der Waals surface area (Å²) in [5.74, 6) is 0.163. The number of nitrogens with one attached hydrogen (secondary N) is 2. The molecule has 0 saturated carbocycles. The predicted molar refractivity (Wildman–Crippen MR) is 104 cm³/mol. The van der Waals surface area contributed by atoms with Crippen molar-refractivity contribution in [1.82, 2.24) is 24.7 Å². The highest BCUT2D eigenvalue weighted by atomic mass is 19.4. The zero-order valence-corrected chi connectivity index (χ0v) is 16.6. The van der Waals surface area contributed by atoms with Crippen LogP contribution in [0.2, 0.25) is 0 Å². The van der Waals surface area contributed by atoms with Crippen LogP contribution in [0.4, 0.5) is 23.4 Å². The summed E-state index contributed by atoms with van der Waals surface area (Å²) in [7, 11) is 1.21. The summed E-state index contributed by atoms with van der Waals surface area (Å²) in [4.78, 5) is 12.7. The first-order chi connectivity index (χ1) is 14.6. The fraction of sp³-hybridized carbons (Fsp3) is 0.421. The van der Waals surface area contributed by atoms with E-state index in [2.05, 4.69) is 25.6 Å². The van der Waals surface area contributed by atoms with Gasteiger partial charge >= 0.3 is 6.18 Å². The van der Waals surface area contributed by atoms with Crippen LogP contribution in [0.3, 0.4) is 0 Å². The second-order valence-corrected chi connectivity index (χ2v) is 7.41. The Hall–Kier alpha value is -2.99. The molecule has 4 heterocycles. The highest BCUT2D eigenvalue weighted by Gasteiger charge is 2.53. The first kappa shape index (κ1) is 21.2. The Kier molecular flexibility index (Phi) is 5.21. The van der Waals surface area contributed by atoms with E-state index in [9.17, 15) is 22.7 Å². The van der Waals surface area contributed by atoms with Crippen LogP contribution in [0.15, 0.2) is 30.9 Å². The van der Waals surface area contributed by atoms with Gasteiger partial charge in [-0.2, -0.15) is 13.2 Å². The van der Waals surface area contributed by atoms with Crippen LogP contribution < -0.4 is 15.4 Å². The van der Waals surface area contributed by atoms with E-state index >= 15 is 0 Å². The maximum atomic E-state index is 13.9. The lowest BCUT2D eigenvalue weighted by Gasteiger charge is -2.28. The smallest absolute Gasteiger partial charge is 0.421 e. The SMILES string of the molecule is COc1cc2ncc(-c3cncc(N[C@H]4CNC[C@@H]4F)n3)n2cc1C(C)(O)C(F)(F)F. The van der Waals surface area contributed by atoms with Crippen molar-refractivity contribution < 1.29 is 27.4 Å². The largest absolute Gasteiger partial charge is 0.496 e. The summed E-state index contributed by atoms with van der Waals surface area (Å²) in [6, 6.07) is 0.830. The molecule has 1 aliphatic rings. The van der Waals surface area contributed by atoms with Gasteiger partial charge in [-0.3, -0.25) is 9.38 Å². The van der Waals surface area contributed by atoms with E-state index in [1.165, 1.54) is 36.2 Å². The lowest BCUT2D eigenvalue weighted by atomic mass is 9.96. The fourth-order valence-corrected chi connectivity index (χ4v) is 3.42. The van der Waals surface area contributed by atoms with Gasteiger partial charge in [-0.1, -0.05) is 0 Å². The average Bonchev–Trinajstić information content (AvgIpc) is 3.32. The first-order valence-corrected chi connectivity index (χ1v) is 9.40. The lowest BCUT2D eigenvalue weighted by molar-refractivity contribution is -0.259. The third-order valence-corrected chi connectivity index (χ3v) is 5.28. The van der Waals surface area contributed by atoms with Gasteiger partial charge in [-0.05, 0) is 6.92 Å². The van der Waals surface area contributed by atoms with E-state index < -0.39 is 29.6 Å². The molecule has 0 spiro atoms. The number of alkyl halides is 4. The number of methoxy groups -OCH3 is 1. The van der Waals surface area contributed by atoms with Gasteiger partial charge in [0, 0.05) is 25.4 Å². The van der Waals surface area contributed by atoms with E-state index in [-0.39, 0.29) is 17.9 Å². The predicted octanol–water partition coefficient (Wildman–Crippen LogP) is 2.29. The summed E-state index contributed by atoms with van der Waals surface area (Å²) in [5.41, 5.74) is -2.70. The normalized spacial score (nSPS) is 21.3. The van der Waals surface area contributed by atoms with E-state index in [4.69, 9.17) is 4.74 Å². The summed E-state index contributed by atoms with van der Waals surface area (Å²) in [5, 5.41) is 16.1. The molecule has 166 valence electrons. The number of aromatic nitrogens is 4. The molecule has 8 nitrogen and oxygen atoms in total. The van der Waals surface area contributed by atoms with Crippen molar-refractivity contribution in [2.45, 2.75) is 30.9 Å². The minimum atomic E-state index is -4.93. The Balaban J connectivity index is 1.77. The summed E-state index contributed by atoms with van der Waals surface area (Å²) in [6.45, 7) is 1.32. The molecule has 3 N–H and O–H groups in total. The molecule has 3 aromatic rings. The molecule has 1 aliphatic heterocycles. The van der Waals surface area contributed by atoms with Crippen LogP contribution in [0, 0.1) is 0 Å². The minimum absolute atomic E-state index is 0.156. The molecule has 1 unspecified atom stereocenters. The van der Waals surface area contributed by atoms with E-state index in [0.29, 0.717) is 30.7 Å². The Morgan fingerprint density at radius 3 is 2.68 bits per heavy atom. The standard InChI is InChI=1S/C19H20F4N6O2/c1-18(30,19(21,22)23)10-9-29-14(7-26-17(29)3-15(10)31-2)13-6-25-8-16(28-13)27-12-5-24-4-11(12)20/h3,6-9,11-12,24,30H,4-5H2,1-2H3,(H,27,28)/t11-,12-,18?/m0/s1. The molecule has 4 rings (SSSR count). The van der Waals surface area contributed by atoms with Gasteiger partial charge in [0.15, 0.2) is 5.60 Å². The third-order valence-electron chi connectivity index (χ3n) is 5.28. The summed E-state index contributed by atoms with van der Waals surface area (Å²) in [6.07, 6.45) is -0.633. The highest BCUT2D eigenvalue weighted by Crippen LogP contribution is 2.43. The van der Waals surface area contributed by atoms with Crippen molar-refractivity contribution in [2.75, 3.05) is 25.5 Å². The van der Waals surface area contributed by atoms with Crippen LogP contribution in [0.25, 0.3) is 17.0 Å². The number of hydrogen-bond donors (Lipinski definition) is 3. The quantitative estimate of drug-likeness (QED) is 0.524. The van der Waals surface area contributed by atoms with Crippen LogP contribution >= 0.6 is 0 Å². The number of hydrogen-bond acceptors (Lipinski definition) is 7. The summed E-state index contributed by atoms with van der Waals surface area (Å²) < 4.78 is 60.7. The molecule has 1 saturated heterocycles. The number of aliphatic hydroxyl groups is 1. The number of pyridine rings is 1. The zero-order chi connectivity index (χ0) is 22.4. The highest BCUT2D eigenvalue weighted by molar-refractivity contribution is 5.63. The van der Waals surface area contributed by atoms with Crippen molar-refractivity contribution in [3.63, 3.8) is 0 Å². The maximum Gasteiger partial charge on any atom is 0.421 e. The number of fused-ring (bicyclic) bond motifs is 1. The molecule has 31 heavy (non-hydrogen) atoms. The van der Waals surface area contributed by atoms with E-state index in [1.807, 2.05) is 0 Å². The fourth-order valence-electron chi connectivity index (χ4n) is 3.42. The number of nitrogens with zero attached hydrogens (tertiary/aromatic N) is 4. The Bertz CT molecular complexity index is 1100. The van der Waals surface area contributed by atoms with Crippen molar-refractivity contribution in [3.05, 3.63) is 36.4 Å². The molecular weight excluding hydrogens is 420 g/mol. The second-order valence-electron chi connectivity index (χ2n) is 7.41. The average molecular weight is 440 g/mol. The van der Waals surface area contributed by atoms with Crippen molar-refractivity contribution >= 4 is 11.5 Å². The maximum absolute atomic E-state index is 13.9. The van der Waals surface area contributed by atoms with Crippen molar-refractivity contribution in [2.24, 2.45) is 0 Å². The van der Waals surface area contributed by atoms with Gasteiger partial charge in [-0.15, -0.1) is 0 Å². The van der Waals surface area contributed by atoms with Crippen LogP contribution in [-0.2, 0) is 5.60 Å². The molecule has 3 aromatic heterocycles. The van der Waals surface area contributed by atoms with Crippen molar-refractivity contribution in [1.29, 1.82) is 0 Å². The Labute approximate surface area is 174 Å². The Morgan fingerprint density at radius 2 is 2.03 bits per heavy atom. The molecule has 3 atom stereocenters. The molecule has 0 aromatic carbocycles. The van der Waals surface area contributed by atoms with Crippen molar-refractivity contribution in [3.8, 4) is 17.1 Å². The van der Waals surface area contributed by atoms with Gasteiger partial charge in [0.05, 0.1) is 43.0 Å². The molecule has 0 amide bonds. The van der Waals surface area contributed by atoms with Crippen LogP contribution in [-0.4, -0.2) is 63.0 Å². The molecule has 0 bridgehead atoms. The monoisotopic (exact) mass is 440 g/mol. The van der Waals surface area contributed by atoms with Gasteiger partial charge < -0.3 is 20.5 Å². The van der Waals surface area contributed by atoms with Gasteiger partial charge in [0.1, 0.15) is 29.1 Å². The van der Waals surface area contributed by atoms with E-state index in [0.717, 1.165) is 6.20 Å². The number of imidazole rings is 1. The number of halogens is 4. The number of rotatable bonds is 5. The molecule has 1 fully saturated rings. The van der Waals surface area contributed by atoms with Gasteiger partial charge in [0.2, 0.25) is 0 Å². The molecular formula is C19H20F4N6O2. The topological polar surface area (TPSA) is 96.6 Å².